The average molecular weight is 401 g/mol. The molecule has 0 heterocycles. The third kappa shape index (κ3) is 3.43. The summed E-state index contributed by atoms with van der Waals surface area (Å²) in [5.74, 6) is 1.98. The number of benzene rings is 2. The van der Waals surface area contributed by atoms with Crippen LogP contribution in [0.5, 0.6) is 5.75 Å². The Morgan fingerprint density at radius 3 is 2.33 bits per heavy atom. The average Bonchev–Trinajstić information content (AvgIpc) is 2.72. The number of carbonyl (C=O) groups excluding carboxylic acids is 1. The van der Waals surface area contributed by atoms with E-state index in [2.05, 4.69) is 6.07 Å². The summed E-state index contributed by atoms with van der Waals surface area (Å²) in [7, 11) is 0. The molecule has 0 spiro atoms. The van der Waals surface area contributed by atoms with Gasteiger partial charge in [0.25, 0.3) is 0 Å². The maximum absolute atomic E-state index is 14.1. The van der Waals surface area contributed by atoms with Gasteiger partial charge in [-0.2, -0.15) is 5.26 Å². The number of esters is 1. The van der Waals surface area contributed by atoms with Gasteiger partial charge in [0.05, 0.1) is 17.1 Å². The molecule has 0 N–H and O–H groups in total. The van der Waals surface area contributed by atoms with Gasteiger partial charge in [-0.05, 0) is 86.1 Å². The number of nitrogens with zero attached hydrogens (tertiary/aromatic N) is 1. The number of rotatable bonds is 4. The van der Waals surface area contributed by atoms with E-state index in [9.17, 15) is 14.4 Å². The van der Waals surface area contributed by atoms with Gasteiger partial charge in [0, 0.05) is 5.56 Å². The maximum Gasteiger partial charge on any atom is 0.317 e. The highest BCUT2D eigenvalue weighted by Gasteiger charge is 2.55. The molecule has 3 nitrogen and oxygen atoms in total. The Bertz CT molecular complexity index is 1030. The number of halogens is 1. The lowest BCUT2D eigenvalue weighted by Crippen LogP contribution is -2.51. The highest BCUT2D eigenvalue weighted by atomic mass is 19.1. The Labute approximate surface area is 176 Å². The molecule has 4 aliphatic carbocycles. The van der Waals surface area contributed by atoms with Gasteiger partial charge in [0.1, 0.15) is 11.6 Å². The summed E-state index contributed by atoms with van der Waals surface area (Å²) in [6, 6.07) is 15.4. The van der Waals surface area contributed by atoms with Crippen LogP contribution in [0.1, 0.15) is 49.7 Å². The predicted octanol–water partition coefficient (Wildman–Crippen LogP) is 6.01. The van der Waals surface area contributed by atoms with Gasteiger partial charge in [0.15, 0.2) is 0 Å². The quantitative estimate of drug-likeness (QED) is 0.273. The molecule has 0 radical (unpaired) electrons. The Hall–Kier alpha value is -2.93. The van der Waals surface area contributed by atoms with E-state index in [1.165, 1.54) is 25.3 Å². The zero-order valence-corrected chi connectivity index (χ0v) is 16.8. The van der Waals surface area contributed by atoms with Crippen LogP contribution in [-0.2, 0) is 4.79 Å². The molecule has 4 bridgehead atoms. The van der Waals surface area contributed by atoms with Crippen molar-refractivity contribution in [3.63, 3.8) is 0 Å². The first-order valence-electron chi connectivity index (χ1n) is 10.7. The molecule has 2 aromatic rings. The number of allylic oxidation sites excluding steroid dienone is 1. The number of ether oxygens (including phenoxy) is 1. The molecule has 0 aliphatic heterocycles. The number of carbonyl (C=O) groups is 1. The molecule has 4 heteroatoms. The molecule has 4 saturated carbocycles. The lowest BCUT2D eigenvalue weighted by molar-refractivity contribution is -0.161. The minimum atomic E-state index is -0.435. The normalized spacial score (nSPS) is 29.5. The molecule has 4 fully saturated rings. The van der Waals surface area contributed by atoms with E-state index in [1.807, 2.05) is 6.07 Å². The van der Waals surface area contributed by atoms with E-state index in [0.29, 0.717) is 29.1 Å². The highest BCUT2D eigenvalue weighted by molar-refractivity contribution is 5.90. The van der Waals surface area contributed by atoms with Crippen molar-refractivity contribution in [1.82, 2.24) is 0 Å². The van der Waals surface area contributed by atoms with E-state index in [4.69, 9.17) is 4.74 Å². The molecule has 0 amide bonds. The minimum absolute atomic E-state index is 0.0997. The first-order chi connectivity index (χ1) is 14.5. The van der Waals surface area contributed by atoms with Crippen molar-refractivity contribution in [3.8, 4) is 11.8 Å². The van der Waals surface area contributed by atoms with Gasteiger partial charge in [-0.15, -0.1) is 0 Å². The Morgan fingerprint density at radius 2 is 1.70 bits per heavy atom. The van der Waals surface area contributed by atoms with Crippen LogP contribution in [-0.4, -0.2) is 5.97 Å². The largest absolute Gasteiger partial charge is 0.426 e. The van der Waals surface area contributed by atoms with Crippen LogP contribution in [0.3, 0.4) is 0 Å². The van der Waals surface area contributed by atoms with Crippen LogP contribution in [0.25, 0.3) is 11.6 Å². The maximum atomic E-state index is 14.1. The van der Waals surface area contributed by atoms with Crippen molar-refractivity contribution in [2.75, 3.05) is 0 Å². The zero-order valence-electron chi connectivity index (χ0n) is 16.8. The second kappa shape index (κ2) is 7.40. The van der Waals surface area contributed by atoms with E-state index in [1.54, 1.807) is 42.5 Å². The van der Waals surface area contributed by atoms with E-state index in [0.717, 1.165) is 19.3 Å². The first-order valence-corrected chi connectivity index (χ1v) is 10.7. The SMILES string of the molecule is N#C/C(=C/c1cccc(OC(=O)C23CC4CC(CC(C4)C2)C3)c1)c1ccccc1F. The topological polar surface area (TPSA) is 50.1 Å². The third-order valence-corrected chi connectivity index (χ3v) is 7.14. The molecule has 152 valence electrons. The summed E-state index contributed by atoms with van der Waals surface area (Å²) < 4.78 is 19.9. The molecule has 6 rings (SSSR count). The van der Waals surface area contributed by atoms with E-state index in [-0.39, 0.29) is 22.5 Å². The van der Waals surface area contributed by atoms with Crippen LogP contribution in [0, 0.1) is 40.3 Å². The standard InChI is InChI=1S/C26H24FNO2/c27-24-7-2-1-6-23(24)21(16-28)11-17-4-3-5-22(12-17)30-25(29)26-13-18-8-19(14-26)10-20(9-18)15-26/h1-7,11-12,18-20H,8-10,13-15H2/b21-11-. The lowest BCUT2D eigenvalue weighted by atomic mass is 9.49. The first kappa shape index (κ1) is 19.1. The minimum Gasteiger partial charge on any atom is -0.426 e. The molecule has 2 aromatic carbocycles. The summed E-state index contributed by atoms with van der Waals surface area (Å²) in [5, 5.41) is 9.51. The van der Waals surface area contributed by atoms with Gasteiger partial charge >= 0.3 is 5.97 Å². The summed E-state index contributed by atoms with van der Waals surface area (Å²) in [4.78, 5) is 13.2. The van der Waals surface area contributed by atoms with Crippen molar-refractivity contribution in [2.45, 2.75) is 38.5 Å². The number of hydrogen-bond acceptors (Lipinski definition) is 3. The molecule has 30 heavy (non-hydrogen) atoms. The molecule has 0 unspecified atom stereocenters. The van der Waals surface area contributed by atoms with Gasteiger partial charge in [0.2, 0.25) is 0 Å². The van der Waals surface area contributed by atoms with Crippen molar-refractivity contribution in [1.29, 1.82) is 5.26 Å². The van der Waals surface area contributed by atoms with Crippen LogP contribution in [0.15, 0.2) is 48.5 Å². The van der Waals surface area contributed by atoms with Crippen LogP contribution in [0.4, 0.5) is 4.39 Å². The van der Waals surface area contributed by atoms with Crippen molar-refractivity contribution < 1.29 is 13.9 Å². The second-order valence-corrected chi connectivity index (χ2v) is 9.31. The second-order valence-electron chi connectivity index (χ2n) is 9.31. The Balaban J connectivity index is 1.37. The highest BCUT2D eigenvalue weighted by Crippen LogP contribution is 2.60. The van der Waals surface area contributed by atoms with Gasteiger partial charge in [-0.25, -0.2) is 4.39 Å². The van der Waals surface area contributed by atoms with Crippen LogP contribution < -0.4 is 4.74 Å². The fourth-order valence-corrected chi connectivity index (χ4v) is 6.26. The van der Waals surface area contributed by atoms with Crippen LogP contribution >= 0.6 is 0 Å². The number of hydrogen-bond donors (Lipinski definition) is 0. The lowest BCUT2D eigenvalue weighted by Gasteiger charge is -2.55. The van der Waals surface area contributed by atoms with Crippen molar-refractivity contribution >= 4 is 17.6 Å². The smallest absolute Gasteiger partial charge is 0.317 e. The fourth-order valence-electron chi connectivity index (χ4n) is 6.26. The predicted molar refractivity (Wildman–Crippen MR) is 113 cm³/mol. The zero-order chi connectivity index (χ0) is 20.7. The van der Waals surface area contributed by atoms with Crippen LogP contribution in [0.2, 0.25) is 0 Å². The van der Waals surface area contributed by atoms with E-state index < -0.39 is 5.82 Å². The summed E-state index contributed by atoms with van der Waals surface area (Å²) in [6.07, 6.45) is 8.34. The summed E-state index contributed by atoms with van der Waals surface area (Å²) in [5.41, 5.74) is 0.880. The Kier molecular flexibility index (Phi) is 4.70. The molecule has 4 aliphatic rings. The molecule has 0 atom stereocenters. The fraction of sp³-hybridized carbons (Fsp3) is 0.385. The van der Waals surface area contributed by atoms with E-state index >= 15 is 0 Å². The van der Waals surface area contributed by atoms with Gasteiger partial charge < -0.3 is 4.74 Å². The summed E-state index contributed by atoms with van der Waals surface area (Å²) >= 11 is 0. The molecule has 0 aromatic heterocycles. The number of nitriles is 1. The Morgan fingerprint density at radius 1 is 1.03 bits per heavy atom. The molecular formula is C26H24FNO2. The molecular weight excluding hydrogens is 377 g/mol. The molecule has 0 saturated heterocycles. The van der Waals surface area contributed by atoms with Gasteiger partial charge in [-0.1, -0.05) is 30.3 Å². The van der Waals surface area contributed by atoms with Crippen molar-refractivity contribution in [2.24, 2.45) is 23.2 Å². The van der Waals surface area contributed by atoms with Gasteiger partial charge in [-0.3, -0.25) is 4.79 Å². The van der Waals surface area contributed by atoms with Crippen molar-refractivity contribution in [3.05, 3.63) is 65.5 Å². The summed E-state index contributed by atoms with van der Waals surface area (Å²) in [6.45, 7) is 0. The monoisotopic (exact) mass is 401 g/mol. The third-order valence-electron chi connectivity index (χ3n) is 7.14.